The Morgan fingerprint density at radius 3 is 2.44 bits per heavy atom. The molecule has 1 atom stereocenters. The zero-order valence-electron chi connectivity index (χ0n) is 9.74. The third kappa shape index (κ3) is 3.14. The van der Waals surface area contributed by atoms with Crippen molar-refractivity contribution < 1.29 is 9.47 Å². The molecule has 0 aliphatic carbocycles. The summed E-state index contributed by atoms with van der Waals surface area (Å²) in [4.78, 5) is 0. The summed E-state index contributed by atoms with van der Waals surface area (Å²) in [6.45, 7) is 5.70. The average molecular weight is 221 g/mol. The largest absolute Gasteiger partial charge is 0.494 e. The van der Waals surface area contributed by atoms with E-state index in [1.807, 2.05) is 31.2 Å². The number of rotatable bonds is 5. The first-order chi connectivity index (χ1) is 7.88. The minimum atomic E-state index is 0.659. The molecule has 1 saturated heterocycles. The van der Waals surface area contributed by atoms with Crippen LogP contribution in [0.3, 0.4) is 0 Å². The third-order valence-electron chi connectivity index (χ3n) is 2.78. The number of hydrogen-bond acceptors (Lipinski definition) is 3. The second-order valence-corrected chi connectivity index (χ2v) is 4.07. The Bertz CT molecular complexity index is 304. The van der Waals surface area contributed by atoms with Crippen molar-refractivity contribution in [3.63, 3.8) is 0 Å². The topological polar surface area (TPSA) is 30.5 Å². The lowest BCUT2D eigenvalue weighted by molar-refractivity contribution is 0.259. The van der Waals surface area contributed by atoms with Crippen LogP contribution in [0.2, 0.25) is 0 Å². The van der Waals surface area contributed by atoms with Crippen molar-refractivity contribution in [2.24, 2.45) is 5.92 Å². The lowest BCUT2D eigenvalue weighted by Gasteiger charge is -2.11. The molecule has 1 aromatic rings. The fourth-order valence-electron chi connectivity index (χ4n) is 1.87. The molecule has 3 nitrogen and oxygen atoms in total. The average Bonchev–Trinajstić information content (AvgIpc) is 2.82. The van der Waals surface area contributed by atoms with Crippen molar-refractivity contribution >= 4 is 0 Å². The fraction of sp³-hybridized carbons (Fsp3) is 0.538. The molecule has 1 aliphatic heterocycles. The summed E-state index contributed by atoms with van der Waals surface area (Å²) in [5.41, 5.74) is 0. The van der Waals surface area contributed by atoms with Gasteiger partial charge in [-0.2, -0.15) is 0 Å². The van der Waals surface area contributed by atoms with Gasteiger partial charge in [-0.05, 0) is 44.2 Å². The summed E-state index contributed by atoms with van der Waals surface area (Å²) in [7, 11) is 0. The Labute approximate surface area is 96.8 Å². The van der Waals surface area contributed by atoms with E-state index in [2.05, 4.69) is 5.32 Å². The van der Waals surface area contributed by atoms with Gasteiger partial charge >= 0.3 is 0 Å². The van der Waals surface area contributed by atoms with E-state index in [1.165, 1.54) is 6.42 Å². The number of ether oxygens (including phenoxy) is 2. The molecule has 2 rings (SSSR count). The number of nitrogens with one attached hydrogen (secondary N) is 1. The van der Waals surface area contributed by atoms with Gasteiger partial charge in [-0.3, -0.25) is 0 Å². The Morgan fingerprint density at radius 1 is 1.19 bits per heavy atom. The molecular formula is C13H19NO2. The summed E-state index contributed by atoms with van der Waals surface area (Å²) in [5.74, 6) is 2.49. The monoisotopic (exact) mass is 221 g/mol. The van der Waals surface area contributed by atoms with E-state index in [0.717, 1.165) is 31.2 Å². The van der Waals surface area contributed by atoms with E-state index in [9.17, 15) is 0 Å². The van der Waals surface area contributed by atoms with Crippen LogP contribution in [0, 0.1) is 5.92 Å². The predicted molar refractivity (Wildman–Crippen MR) is 64.1 cm³/mol. The Kier molecular flexibility index (Phi) is 4.05. The van der Waals surface area contributed by atoms with Crippen molar-refractivity contribution in [3.05, 3.63) is 24.3 Å². The van der Waals surface area contributed by atoms with Gasteiger partial charge in [-0.25, -0.2) is 0 Å². The van der Waals surface area contributed by atoms with Crippen LogP contribution in [-0.4, -0.2) is 26.3 Å². The van der Waals surface area contributed by atoms with Crippen LogP contribution in [-0.2, 0) is 0 Å². The molecular weight excluding hydrogens is 202 g/mol. The number of hydrogen-bond donors (Lipinski definition) is 1. The van der Waals surface area contributed by atoms with Crippen LogP contribution < -0.4 is 14.8 Å². The first-order valence-corrected chi connectivity index (χ1v) is 5.95. The van der Waals surface area contributed by atoms with Gasteiger partial charge in [0.2, 0.25) is 0 Å². The maximum Gasteiger partial charge on any atom is 0.119 e. The fourth-order valence-corrected chi connectivity index (χ4v) is 1.87. The van der Waals surface area contributed by atoms with E-state index in [4.69, 9.17) is 9.47 Å². The molecule has 0 radical (unpaired) electrons. The first-order valence-electron chi connectivity index (χ1n) is 5.95. The molecule has 0 bridgehead atoms. The maximum absolute atomic E-state index is 5.73. The van der Waals surface area contributed by atoms with Gasteiger partial charge in [0.05, 0.1) is 13.2 Å². The molecule has 1 unspecified atom stereocenters. The highest BCUT2D eigenvalue weighted by atomic mass is 16.5. The highest BCUT2D eigenvalue weighted by Gasteiger charge is 2.14. The smallest absolute Gasteiger partial charge is 0.119 e. The molecule has 16 heavy (non-hydrogen) atoms. The molecule has 0 amide bonds. The van der Waals surface area contributed by atoms with Crippen molar-refractivity contribution in [1.29, 1.82) is 0 Å². The molecule has 88 valence electrons. The lowest BCUT2D eigenvalue weighted by atomic mass is 10.1. The van der Waals surface area contributed by atoms with Crippen LogP contribution in [0.4, 0.5) is 0 Å². The van der Waals surface area contributed by atoms with E-state index >= 15 is 0 Å². The molecule has 3 heteroatoms. The van der Waals surface area contributed by atoms with Gasteiger partial charge in [0, 0.05) is 12.5 Å². The Hall–Kier alpha value is -1.22. The minimum absolute atomic E-state index is 0.659. The van der Waals surface area contributed by atoms with Gasteiger partial charge in [0.25, 0.3) is 0 Å². The standard InChI is InChI=1S/C13H19NO2/c1-2-15-12-3-5-13(6-4-12)16-10-11-7-8-14-9-11/h3-6,11,14H,2,7-10H2,1H3. The quantitative estimate of drug-likeness (QED) is 0.825. The van der Waals surface area contributed by atoms with Crippen molar-refractivity contribution in [3.8, 4) is 11.5 Å². The van der Waals surface area contributed by atoms with Crippen LogP contribution in [0.1, 0.15) is 13.3 Å². The Morgan fingerprint density at radius 2 is 1.88 bits per heavy atom. The zero-order chi connectivity index (χ0) is 11.2. The maximum atomic E-state index is 5.73. The predicted octanol–water partition coefficient (Wildman–Crippen LogP) is 2.07. The van der Waals surface area contributed by atoms with Crippen LogP contribution in [0.5, 0.6) is 11.5 Å². The molecule has 1 aromatic carbocycles. The van der Waals surface area contributed by atoms with E-state index in [0.29, 0.717) is 12.5 Å². The molecule has 1 aliphatic rings. The molecule has 1 heterocycles. The first kappa shape index (κ1) is 11.3. The second-order valence-electron chi connectivity index (χ2n) is 4.07. The normalized spacial score (nSPS) is 19.7. The summed E-state index contributed by atoms with van der Waals surface area (Å²) in [6.07, 6.45) is 1.22. The molecule has 0 aromatic heterocycles. The van der Waals surface area contributed by atoms with Crippen LogP contribution >= 0.6 is 0 Å². The molecule has 1 N–H and O–H groups in total. The van der Waals surface area contributed by atoms with Crippen molar-refractivity contribution in [2.45, 2.75) is 13.3 Å². The third-order valence-corrected chi connectivity index (χ3v) is 2.78. The summed E-state index contributed by atoms with van der Waals surface area (Å²) in [5, 5.41) is 3.33. The Balaban J connectivity index is 1.80. The summed E-state index contributed by atoms with van der Waals surface area (Å²) in [6, 6.07) is 7.83. The van der Waals surface area contributed by atoms with E-state index in [1.54, 1.807) is 0 Å². The summed E-state index contributed by atoms with van der Waals surface area (Å²) >= 11 is 0. The van der Waals surface area contributed by atoms with Gasteiger partial charge in [0.15, 0.2) is 0 Å². The highest BCUT2D eigenvalue weighted by Crippen LogP contribution is 2.19. The summed E-state index contributed by atoms with van der Waals surface area (Å²) < 4.78 is 11.1. The van der Waals surface area contributed by atoms with Crippen LogP contribution in [0.15, 0.2) is 24.3 Å². The van der Waals surface area contributed by atoms with Crippen molar-refractivity contribution in [1.82, 2.24) is 5.32 Å². The van der Waals surface area contributed by atoms with Gasteiger partial charge in [0.1, 0.15) is 11.5 Å². The SMILES string of the molecule is CCOc1ccc(OCC2CCNC2)cc1. The molecule has 1 fully saturated rings. The van der Waals surface area contributed by atoms with Gasteiger partial charge in [-0.1, -0.05) is 0 Å². The lowest BCUT2D eigenvalue weighted by Crippen LogP contribution is -2.15. The van der Waals surface area contributed by atoms with E-state index < -0.39 is 0 Å². The molecule has 0 spiro atoms. The minimum Gasteiger partial charge on any atom is -0.494 e. The molecule has 0 saturated carbocycles. The van der Waals surface area contributed by atoms with Gasteiger partial charge < -0.3 is 14.8 Å². The van der Waals surface area contributed by atoms with E-state index in [-0.39, 0.29) is 0 Å². The van der Waals surface area contributed by atoms with Crippen molar-refractivity contribution in [2.75, 3.05) is 26.3 Å². The highest BCUT2D eigenvalue weighted by molar-refractivity contribution is 5.31. The second kappa shape index (κ2) is 5.75. The van der Waals surface area contributed by atoms with Gasteiger partial charge in [-0.15, -0.1) is 0 Å². The van der Waals surface area contributed by atoms with Crippen LogP contribution in [0.25, 0.3) is 0 Å². The number of benzene rings is 1. The zero-order valence-corrected chi connectivity index (χ0v) is 9.74.